The molecule has 2 aromatic rings. The van der Waals surface area contributed by atoms with Crippen LogP contribution in [0.3, 0.4) is 0 Å². The topological polar surface area (TPSA) is 45.4 Å². The maximum atomic E-state index is 9.42. The molecule has 2 atom stereocenters. The number of nitrogens with zero attached hydrogens (tertiary/aromatic N) is 2. The molecule has 1 aliphatic heterocycles. The van der Waals surface area contributed by atoms with Gasteiger partial charge < -0.3 is 4.84 Å². The summed E-state index contributed by atoms with van der Waals surface area (Å²) < 4.78 is 0. The number of hydrogen-bond donors (Lipinski definition) is 0. The lowest BCUT2D eigenvalue weighted by atomic mass is 9.90. The Morgan fingerprint density at radius 2 is 1.58 bits per heavy atom. The molecule has 92 valence electrons. The number of benzene rings is 2. The third-order valence-electron chi connectivity index (χ3n) is 3.20. The molecule has 0 saturated carbocycles. The largest absolute Gasteiger partial charge is 0.385 e. The van der Waals surface area contributed by atoms with E-state index in [0.717, 1.165) is 11.1 Å². The molecule has 1 heterocycles. The Morgan fingerprint density at radius 3 is 2.21 bits per heavy atom. The maximum absolute atomic E-state index is 9.42. The average Bonchev–Trinajstić information content (AvgIpc) is 2.93. The summed E-state index contributed by atoms with van der Waals surface area (Å²) in [6.07, 6.45) is -0.318. The molecule has 0 aliphatic carbocycles. The second-order valence-corrected chi connectivity index (χ2v) is 4.39. The van der Waals surface area contributed by atoms with Crippen molar-refractivity contribution in [2.75, 3.05) is 0 Å². The first-order valence-electron chi connectivity index (χ1n) is 6.14. The van der Waals surface area contributed by atoms with E-state index in [1.807, 2.05) is 60.7 Å². The van der Waals surface area contributed by atoms with Gasteiger partial charge in [0.05, 0.1) is 6.07 Å². The zero-order valence-electron chi connectivity index (χ0n) is 10.2. The van der Waals surface area contributed by atoms with Gasteiger partial charge >= 0.3 is 0 Å². The quantitative estimate of drug-likeness (QED) is 0.818. The summed E-state index contributed by atoms with van der Waals surface area (Å²) in [6, 6.07) is 21.7. The third kappa shape index (κ3) is 2.09. The van der Waals surface area contributed by atoms with Gasteiger partial charge in [0, 0.05) is 5.56 Å². The molecule has 0 fully saturated rings. The fourth-order valence-corrected chi connectivity index (χ4v) is 2.24. The van der Waals surface area contributed by atoms with E-state index in [1.165, 1.54) is 0 Å². The molecule has 2 aromatic carbocycles. The fourth-order valence-electron chi connectivity index (χ4n) is 2.24. The highest BCUT2D eigenvalue weighted by molar-refractivity contribution is 6.04. The minimum atomic E-state index is -0.371. The van der Waals surface area contributed by atoms with E-state index in [0.29, 0.717) is 5.71 Å². The molecule has 0 unspecified atom stereocenters. The first kappa shape index (κ1) is 11.5. The third-order valence-corrected chi connectivity index (χ3v) is 3.20. The van der Waals surface area contributed by atoms with Crippen LogP contribution < -0.4 is 0 Å². The van der Waals surface area contributed by atoms with E-state index in [2.05, 4.69) is 11.2 Å². The van der Waals surface area contributed by atoms with Crippen molar-refractivity contribution in [1.82, 2.24) is 0 Å². The molecule has 0 spiro atoms. The predicted molar refractivity (Wildman–Crippen MR) is 72.4 cm³/mol. The summed E-state index contributed by atoms with van der Waals surface area (Å²) in [4.78, 5) is 5.48. The first-order valence-corrected chi connectivity index (χ1v) is 6.14. The van der Waals surface area contributed by atoms with Crippen LogP contribution in [0.4, 0.5) is 0 Å². The van der Waals surface area contributed by atoms with Gasteiger partial charge in [0.15, 0.2) is 6.10 Å². The summed E-state index contributed by atoms with van der Waals surface area (Å²) in [7, 11) is 0. The monoisotopic (exact) mass is 248 g/mol. The van der Waals surface area contributed by atoms with Crippen molar-refractivity contribution in [1.29, 1.82) is 5.26 Å². The van der Waals surface area contributed by atoms with Gasteiger partial charge in [-0.25, -0.2) is 0 Å². The second kappa shape index (κ2) is 4.95. The van der Waals surface area contributed by atoms with Crippen molar-refractivity contribution in [2.45, 2.75) is 6.10 Å². The van der Waals surface area contributed by atoms with Crippen LogP contribution in [-0.4, -0.2) is 5.71 Å². The lowest BCUT2D eigenvalue weighted by Gasteiger charge is -2.12. The van der Waals surface area contributed by atoms with E-state index in [1.54, 1.807) is 0 Å². The van der Waals surface area contributed by atoms with Crippen LogP contribution in [0.2, 0.25) is 0 Å². The average molecular weight is 248 g/mol. The Morgan fingerprint density at radius 1 is 0.947 bits per heavy atom. The fraction of sp³-hybridized carbons (Fsp3) is 0.125. The molecule has 1 aliphatic rings. The Bertz CT molecular complexity index is 629. The highest BCUT2D eigenvalue weighted by atomic mass is 16.6. The van der Waals surface area contributed by atoms with E-state index in [4.69, 9.17) is 4.84 Å². The zero-order valence-corrected chi connectivity index (χ0v) is 10.2. The summed E-state index contributed by atoms with van der Waals surface area (Å²) >= 11 is 0. The van der Waals surface area contributed by atoms with Crippen molar-refractivity contribution in [3.05, 3.63) is 71.8 Å². The Kier molecular flexibility index (Phi) is 2.99. The molecular weight excluding hydrogens is 236 g/mol. The van der Waals surface area contributed by atoms with Crippen LogP contribution in [0, 0.1) is 17.2 Å². The number of rotatable bonds is 2. The van der Waals surface area contributed by atoms with Crippen molar-refractivity contribution < 1.29 is 4.84 Å². The molecule has 3 nitrogen and oxygen atoms in total. The SMILES string of the molecule is N#C[C@H]1C(c2ccccc2)=NO[C@@H]1c1ccccc1. The lowest BCUT2D eigenvalue weighted by molar-refractivity contribution is 0.0722. The van der Waals surface area contributed by atoms with E-state index in [9.17, 15) is 5.26 Å². The summed E-state index contributed by atoms with van der Waals surface area (Å²) in [6.45, 7) is 0. The summed E-state index contributed by atoms with van der Waals surface area (Å²) in [5, 5.41) is 13.5. The highest BCUT2D eigenvalue weighted by Gasteiger charge is 2.36. The Hall–Kier alpha value is -2.60. The van der Waals surface area contributed by atoms with Crippen LogP contribution >= 0.6 is 0 Å². The van der Waals surface area contributed by atoms with Crippen LogP contribution in [-0.2, 0) is 4.84 Å². The van der Waals surface area contributed by atoms with Crippen LogP contribution in [0.25, 0.3) is 0 Å². The Balaban J connectivity index is 1.93. The molecular formula is C16H12N2O. The minimum Gasteiger partial charge on any atom is -0.385 e. The van der Waals surface area contributed by atoms with E-state index >= 15 is 0 Å². The lowest BCUT2D eigenvalue weighted by Crippen LogP contribution is -2.16. The standard InChI is InChI=1S/C16H12N2O/c17-11-14-15(12-7-3-1-4-8-12)18-19-16(14)13-9-5-2-6-10-13/h1-10,14,16H/t14-,16+/m0/s1. The number of hydrogen-bond acceptors (Lipinski definition) is 3. The van der Waals surface area contributed by atoms with Gasteiger partial charge in [0.1, 0.15) is 11.6 Å². The molecule has 0 N–H and O–H groups in total. The highest BCUT2D eigenvalue weighted by Crippen LogP contribution is 2.34. The van der Waals surface area contributed by atoms with E-state index in [-0.39, 0.29) is 12.0 Å². The van der Waals surface area contributed by atoms with Gasteiger partial charge in [-0.15, -0.1) is 0 Å². The Labute approximate surface area is 111 Å². The molecule has 3 heteroatoms. The maximum Gasteiger partial charge on any atom is 0.174 e. The molecule has 0 bridgehead atoms. The van der Waals surface area contributed by atoms with Gasteiger partial charge in [0.25, 0.3) is 0 Å². The van der Waals surface area contributed by atoms with Gasteiger partial charge in [-0.1, -0.05) is 65.8 Å². The smallest absolute Gasteiger partial charge is 0.174 e. The summed E-state index contributed by atoms with van der Waals surface area (Å²) in [5.41, 5.74) is 2.62. The van der Waals surface area contributed by atoms with Crippen LogP contribution in [0.15, 0.2) is 65.8 Å². The molecule has 3 rings (SSSR count). The van der Waals surface area contributed by atoms with Gasteiger partial charge in [-0.2, -0.15) is 5.26 Å². The van der Waals surface area contributed by atoms with Crippen LogP contribution in [0.5, 0.6) is 0 Å². The first-order chi connectivity index (χ1) is 9.40. The number of oxime groups is 1. The zero-order chi connectivity index (χ0) is 13.1. The van der Waals surface area contributed by atoms with Crippen molar-refractivity contribution in [3.8, 4) is 6.07 Å². The molecule has 0 saturated heterocycles. The van der Waals surface area contributed by atoms with Gasteiger partial charge in [-0.3, -0.25) is 0 Å². The predicted octanol–water partition coefficient (Wildman–Crippen LogP) is 3.30. The van der Waals surface area contributed by atoms with E-state index < -0.39 is 0 Å². The van der Waals surface area contributed by atoms with Gasteiger partial charge in [0.2, 0.25) is 0 Å². The van der Waals surface area contributed by atoms with Crippen molar-refractivity contribution in [2.24, 2.45) is 11.1 Å². The molecule has 0 aromatic heterocycles. The normalized spacial score (nSPS) is 21.3. The molecule has 0 radical (unpaired) electrons. The second-order valence-electron chi connectivity index (χ2n) is 4.39. The summed E-state index contributed by atoms with van der Waals surface area (Å²) in [5.74, 6) is -0.371. The van der Waals surface area contributed by atoms with Gasteiger partial charge in [-0.05, 0) is 5.56 Å². The molecule has 0 amide bonds. The van der Waals surface area contributed by atoms with Crippen molar-refractivity contribution >= 4 is 5.71 Å². The minimum absolute atomic E-state index is 0.318. The number of nitriles is 1. The molecule has 19 heavy (non-hydrogen) atoms. The van der Waals surface area contributed by atoms with Crippen molar-refractivity contribution in [3.63, 3.8) is 0 Å². The van der Waals surface area contributed by atoms with Crippen LogP contribution in [0.1, 0.15) is 17.2 Å².